The molecule has 0 spiro atoms. The molecule has 1 aromatic heterocycles. The molecular formula is C19H22N2O3. The number of hydrogen-bond acceptors (Lipinski definition) is 4. The molecule has 1 amide bonds. The largest absolute Gasteiger partial charge is 0.491 e. The predicted molar refractivity (Wildman–Crippen MR) is 90.8 cm³/mol. The lowest BCUT2D eigenvalue weighted by molar-refractivity contribution is -0.130. The second-order valence-corrected chi connectivity index (χ2v) is 6.42. The molecule has 2 heterocycles. The van der Waals surface area contributed by atoms with Crippen LogP contribution in [0.5, 0.6) is 5.75 Å². The van der Waals surface area contributed by atoms with E-state index in [2.05, 4.69) is 4.98 Å². The minimum absolute atomic E-state index is 0.0208. The van der Waals surface area contributed by atoms with Crippen LogP contribution in [0.2, 0.25) is 0 Å². The van der Waals surface area contributed by atoms with Crippen molar-refractivity contribution in [2.75, 3.05) is 19.7 Å². The van der Waals surface area contributed by atoms with Gasteiger partial charge in [-0.1, -0.05) is 17.7 Å². The Balaban J connectivity index is 1.53. The molecular weight excluding hydrogens is 304 g/mol. The fourth-order valence-corrected chi connectivity index (χ4v) is 2.83. The minimum atomic E-state index is -0.987. The van der Waals surface area contributed by atoms with E-state index in [4.69, 9.17) is 4.74 Å². The first kappa shape index (κ1) is 16.5. The first-order chi connectivity index (χ1) is 11.5. The molecule has 1 atom stereocenters. The van der Waals surface area contributed by atoms with Gasteiger partial charge in [-0.2, -0.15) is 0 Å². The van der Waals surface area contributed by atoms with E-state index < -0.39 is 5.60 Å². The summed E-state index contributed by atoms with van der Waals surface area (Å²) < 4.78 is 5.70. The van der Waals surface area contributed by atoms with E-state index in [1.54, 1.807) is 17.3 Å². The minimum Gasteiger partial charge on any atom is -0.491 e. The maximum atomic E-state index is 12.4. The first-order valence-corrected chi connectivity index (χ1v) is 8.13. The van der Waals surface area contributed by atoms with Gasteiger partial charge in [0.15, 0.2) is 0 Å². The smallest absolute Gasteiger partial charge is 0.227 e. The van der Waals surface area contributed by atoms with Crippen LogP contribution in [0.1, 0.15) is 17.5 Å². The number of pyridine rings is 1. The van der Waals surface area contributed by atoms with Crippen LogP contribution >= 0.6 is 0 Å². The first-order valence-electron chi connectivity index (χ1n) is 8.13. The molecule has 5 nitrogen and oxygen atoms in total. The zero-order valence-corrected chi connectivity index (χ0v) is 13.8. The third kappa shape index (κ3) is 4.11. The molecule has 0 radical (unpaired) electrons. The number of rotatable bonds is 5. The third-order valence-electron chi connectivity index (χ3n) is 4.32. The lowest BCUT2D eigenvalue weighted by Gasteiger charge is -2.23. The number of likely N-dealkylation sites (tertiary alicyclic amines) is 1. The molecule has 24 heavy (non-hydrogen) atoms. The molecule has 1 fully saturated rings. The molecule has 1 aromatic carbocycles. The average Bonchev–Trinajstić information content (AvgIpc) is 2.98. The Morgan fingerprint density at radius 1 is 1.25 bits per heavy atom. The highest BCUT2D eigenvalue weighted by Gasteiger charge is 2.38. The van der Waals surface area contributed by atoms with Crippen molar-refractivity contribution in [3.05, 3.63) is 59.9 Å². The van der Waals surface area contributed by atoms with Crippen molar-refractivity contribution in [2.45, 2.75) is 25.4 Å². The van der Waals surface area contributed by atoms with E-state index >= 15 is 0 Å². The van der Waals surface area contributed by atoms with Gasteiger partial charge in [0, 0.05) is 18.9 Å². The highest BCUT2D eigenvalue weighted by molar-refractivity contribution is 5.79. The highest BCUT2D eigenvalue weighted by atomic mass is 16.5. The van der Waals surface area contributed by atoms with Gasteiger partial charge in [-0.05, 0) is 43.2 Å². The molecule has 0 bridgehead atoms. The summed E-state index contributed by atoms with van der Waals surface area (Å²) in [6.45, 7) is 3.07. The Hall–Kier alpha value is -2.40. The maximum Gasteiger partial charge on any atom is 0.227 e. The normalized spacial score (nSPS) is 20.2. The topological polar surface area (TPSA) is 62.7 Å². The van der Waals surface area contributed by atoms with Crippen LogP contribution in [0.25, 0.3) is 0 Å². The summed E-state index contributed by atoms with van der Waals surface area (Å²) >= 11 is 0. The number of amides is 1. The molecule has 0 aliphatic carbocycles. The van der Waals surface area contributed by atoms with Gasteiger partial charge in [-0.3, -0.25) is 9.78 Å². The van der Waals surface area contributed by atoms with E-state index in [0.29, 0.717) is 25.9 Å². The molecule has 1 saturated heterocycles. The van der Waals surface area contributed by atoms with Crippen LogP contribution in [0.4, 0.5) is 0 Å². The van der Waals surface area contributed by atoms with Crippen molar-refractivity contribution < 1.29 is 14.6 Å². The molecule has 2 aromatic rings. The summed E-state index contributed by atoms with van der Waals surface area (Å²) in [4.78, 5) is 18.0. The number of benzene rings is 1. The SMILES string of the molecule is Cc1ccc(OC[C@@]2(O)CCN(C(=O)Cc3ccncc3)C2)cc1. The number of carbonyl (C=O) groups is 1. The zero-order valence-electron chi connectivity index (χ0n) is 13.8. The Morgan fingerprint density at radius 3 is 2.67 bits per heavy atom. The molecule has 0 saturated carbocycles. The van der Waals surface area contributed by atoms with Crippen LogP contribution < -0.4 is 4.74 Å². The molecule has 5 heteroatoms. The fourth-order valence-electron chi connectivity index (χ4n) is 2.83. The van der Waals surface area contributed by atoms with E-state index in [1.807, 2.05) is 43.3 Å². The van der Waals surface area contributed by atoms with Crippen LogP contribution in [0.3, 0.4) is 0 Å². The van der Waals surface area contributed by atoms with Gasteiger partial charge in [-0.25, -0.2) is 0 Å². The fraction of sp³-hybridized carbons (Fsp3) is 0.368. The van der Waals surface area contributed by atoms with Crippen molar-refractivity contribution in [1.82, 2.24) is 9.88 Å². The monoisotopic (exact) mass is 326 g/mol. The number of aliphatic hydroxyl groups is 1. The second-order valence-electron chi connectivity index (χ2n) is 6.42. The Labute approximate surface area is 141 Å². The Morgan fingerprint density at radius 2 is 1.96 bits per heavy atom. The van der Waals surface area contributed by atoms with Crippen molar-refractivity contribution >= 4 is 5.91 Å². The van der Waals surface area contributed by atoms with Crippen LogP contribution in [0, 0.1) is 6.92 Å². The number of aromatic nitrogens is 1. The van der Waals surface area contributed by atoms with Gasteiger partial charge in [0.25, 0.3) is 0 Å². The molecule has 3 rings (SSSR count). The molecule has 0 unspecified atom stereocenters. The number of carbonyl (C=O) groups excluding carboxylic acids is 1. The molecule has 1 N–H and O–H groups in total. The highest BCUT2D eigenvalue weighted by Crippen LogP contribution is 2.24. The zero-order chi connectivity index (χ0) is 17.0. The number of hydrogen-bond donors (Lipinski definition) is 1. The quantitative estimate of drug-likeness (QED) is 0.912. The lowest BCUT2D eigenvalue weighted by atomic mass is 10.1. The van der Waals surface area contributed by atoms with Gasteiger partial charge in [0.1, 0.15) is 18.0 Å². The van der Waals surface area contributed by atoms with Crippen molar-refractivity contribution in [3.63, 3.8) is 0 Å². The summed E-state index contributed by atoms with van der Waals surface area (Å²) in [5.74, 6) is 0.753. The molecule has 1 aliphatic heterocycles. The summed E-state index contributed by atoms with van der Waals surface area (Å²) in [5.41, 5.74) is 1.11. The number of aryl methyl sites for hydroxylation is 1. The number of ether oxygens (including phenoxy) is 1. The van der Waals surface area contributed by atoms with Gasteiger partial charge >= 0.3 is 0 Å². The van der Waals surface area contributed by atoms with Crippen molar-refractivity contribution in [3.8, 4) is 5.75 Å². The summed E-state index contributed by atoms with van der Waals surface area (Å²) in [7, 11) is 0. The van der Waals surface area contributed by atoms with Gasteiger partial charge in [0.05, 0.1) is 13.0 Å². The molecule has 1 aliphatic rings. The van der Waals surface area contributed by atoms with E-state index in [0.717, 1.165) is 16.9 Å². The van der Waals surface area contributed by atoms with E-state index in [-0.39, 0.29) is 12.5 Å². The van der Waals surface area contributed by atoms with Crippen LogP contribution in [-0.4, -0.2) is 46.2 Å². The van der Waals surface area contributed by atoms with Gasteiger partial charge < -0.3 is 14.7 Å². The number of nitrogens with zero attached hydrogens (tertiary/aromatic N) is 2. The van der Waals surface area contributed by atoms with Crippen LogP contribution in [-0.2, 0) is 11.2 Å². The van der Waals surface area contributed by atoms with Gasteiger partial charge in [0.2, 0.25) is 5.91 Å². The average molecular weight is 326 g/mol. The number of β-amino-alcohol motifs (C(OH)–C–C–N with tert-alkyl or cyclic N) is 1. The maximum absolute atomic E-state index is 12.4. The second kappa shape index (κ2) is 7.01. The summed E-state index contributed by atoms with van der Waals surface area (Å²) in [5, 5.41) is 10.7. The summed E-state index contributed by atoms with van der Waals surface area (Å²) in [6, 6.07) is 11.4. The van der Waals surface area contributed by atoms with Gasteiger partial charge in [-0.15, -0.1) is 0 Å². The Kier molecular flexibility index (Phi) is 4.81. The van der Waals surface area contributed by atoms with E-state index in [1.165, 1.54) is 0 Å². The lowest BCUT2D eigenvalue weighted by Crippen LogP contribution is -2.41. The predicted octanol–water partition coefficient (Wildman–Crippen LogP) is 1.97. The standard InChI is InChI=1S/C19H22N2O3/c1-15-2-4-17(5-3-15)24-14-19(23)8-11-21(13-19)18(22)12-16-6-9-20-10-7-16/h2-7,9-10,23H,8,11-14H2,1H3/t19-/m1/s1. The van der Waals surface area contributed by atoms with E-state index in [9.17, 15) is 9.90 Å². The molecule has 126 valence electrons. The summed E-state index contributed by atoms with van der Waals surface area (Å²) in [6.07, 6.45) is 4.22. The van der Waals surface area contributed by atoms with Crippen LogP contribution in [0.15, 0.2) is 48.8 Å². The van der Waals surface area contributed by atoms with Crippen molar-refractivity contribution in [2.24, 2.45) is 0 Å². The third-order valence-corrected chi connectivity index (χ3v) is 4.32. The van der Waals surface area contributed by atoms with Crippen molar-refractivity contribution in [1.29, 1.82) is 0 Å². The Bertz CT molecular complexity index is 688.